The van der Waals surface area contributed by atoms with E-state index in [4.69, 9.17) is 16.7 Å². The minimum absolute atomic E-state index is 0.0409. The number of hydrogen-bond donors (Lipinski definition) is 2. The first-order valence-corrected chi connectivity index (χ1v) is 7.56. The molecule has 0 heterocycles. The van der Waals surface area contributed by atoms with Crippen molar-refractivity contribution in [1.82, 2.24) is 5.32 Å². The number of carbonyl (C=O) groups is 3. The van der Waals surface area contributed by atoms with Gasteiger partial charge in [-0.15, -0.1) is 0 Å². The summed E-state index contributed by atoms with van der Waals surface area (Å²) in [5.74, 6) is -1.17. The zero-order valence-corrected chi connectivity index (χ0v) is 12.6. The first-order chi connectivity index (χ1) is 10.0. The quantitative estimate of drug-likeness (QED) is 0.238. The minimum Gasteiger partial charge on any atom is -0.478 e. The summed E-state index contributed by atoms with van der Waals surface area (Å²) in [5, 5.41) is 12.1. The van der Waals surface area contributed by atoms with E-state index in [0.717, 1.165) is 0 Å². The van der Waals surface area contributed by atoms with Crippen LogP contribution >= 0.6 is 23.4 Å². The van der Waals surface area contributed by atoms with Gasteiger partial charge in [0.15, 0.2) is 5.78 Å². The molecule has 0 atom stereocenters. The molecule has 112 valence electrons. The predicted molar refractivity (Wildman–Crippen MR) is 83.5 cm³/mol. The Hall–Kier alpha value is -1.79. The molecule has 1 rings (SSSR count). The first kappa shape index (κ1) is 17.3. The first-order valence-electron chi connectivity index (χ1n) is 6.03. The number of thioether (sulfide) groups is 1. The van der Waals surface area contributed by atoms with E-state index in [1.165, 1.54) is 17.8 Å². The van der Waals surface area contributed by atoms with Crippen molar-refractivity contribution < 1.29 is 19.5 Å². The number of Topliss-reactive ketones (excluding diaryl/α,β-unsaturated/α-hetero) is 1. The van der Waals surface area contributed by atoms with Crippen molar-refractivity contribution in [2.24, 2.45) is 0 Å². The summed E-state index contributed by atoms with van der Waals surface area (Å²) >= 11 is 7.08. The van der Waals surface area contributed by atoms with Crippen LogP contribution in [0.3, 0.4) is 0 Å². The van der Waals surface area contributed by atoms with Gasteiger partial charge in [0.05, 0.1) is 5.75 Å². The van der Waals surface area contributed by atoms with Crippen LogP contribution in [0.1, 0.15) is 5.56 Å². The number of benzene rings is 1. The fourth-order valence-electron chi connectivity index (χ4n) is 1.46. The minimum atomic E-state index is -1.27. The van der Waals surface area contributed by atoms with Crippen molar-refractivity contribution >= 4 is 47.6 Å². The molecule has 0 saturated carbocycles. The van der Waals surface area contributed by atoms with Gasteiger partial charge in [0.25, 0.3) is 0 Å². The molecule has 21 heavy (non-hydrogen) atoms. The molecular weight excluding hydrogens is 314 g/mol. The van der Waals surface area contributed by atoms with Crippen LogP contribution in [0, 0.1) is 0 Å². The zero-order valence-electron chi connectivity index (χ0n) is 11.0. The van der Waals surface area contributed by atoms with E-state index in [-0.39, 0.29) is 11.3 Å². The maximum atomic E-state index is 11.9. The third kappa shape index (κ3) is 6.46. The molecule has 0 aliphatic rings. The Bertz CT molecular complexity index is 560. The van der Waals surface area contributed by atoms with Crippen LogP contribution in [0.25, 0.3) is 6.08 Å². The molecule has 0 aromatic heterocycles. The van der Waals surface area contributed by atoms with Gasteiger partial charge in [-0.05, 0) is 23.8 Å². The Morgan fingerprint density at radius 1 is 1.38 bits per heavy atom. The summed E-state index contributed by atoms with van der Waals surface area (Å²) in [6.45, 7) is 0.432. The van der Waals surface area contributed by atoms with Gasteiger partial charge in [-0.25, -0.2) is 4.79 Å². The Balaban J connectivity index is 2.70. The van der Waals surface area contributed by atoms with Crippen molar-refractivity contribution in [2.45, 2.75) is 0 Å². The lowest BCUT2D eigenvalue weighted by Gasteiger charge is -2.03. The Kier molecular flexibility index (Phi) is 7.56. The van der Waals surface area contributed by atoms with Gasteiger partial charge in [-0.3, -0.25) is 9.59 Å². The molecule has 2 N–H and O–H groups in total. The molecular formula is C14H14ClNO4S. The van der Waals surface area contributed by atoms with Crippen LogP contribution in [-0.2, 0) is 14.4 Å². The topological polar surface area (TPSA) is 83.5 Å². The lowest BCUT2D eigenvalue weighted by Crippen LogP contribution is -2.17. The smallest absolute Gasteiger partial charge is 0.339 e. The molecule has 1 aromatic carbocycles. The highest BCUT2D eigenvalue weighted by Crippen LogP contribution is 2.15. The van der Waals surface area contributed by atoms with Gasteiger partial charge in [-0.2, -0.15) is 11.8 Å². The summed E-state index contributed by atoms with van der Waals surface area (Å²) < 4.78 is 0. The number of amides is 1. The second-order valence-electron chi connectivity index (χ2n) is 3.97. The molecule has 0 spiro atoms. The molecule has 0 radical (unpaired) electrons. The monoisotopic (exact) mass is 327 g/mol. The number of ketones is 1. The number of carboxylic acids is 1. The number of nitrogens with one attached hydrogen (secondary N) is 1. The Morgan fingerprint density at radius 2 is 2.14 bits per heavy atom. The van der Waals surface area contributed by atoms with E-state index in [1.54, 1.807) is 24.3 Å². The molecule has 0 aliphatic carbocycles. The summed E-state index contributed by atoms with van der Waals surface area (Å²) in [6, 6.07) is 6.59. The molecule has 7 heteroatoms. The molecule has 0 bridgehead atoms. The summed E-state index contributed by atoms with van der Waals surface area (Å²) in [6.07, 6.45) is 1.88. The molecule has 0 unspecified atom stereocenters. The van der Waals surface area contributed by atoms with Crippen LogP contribution in [0.15, 0.2) is 29.8 Å². The van der Waals surface area contributed by atoms with Crippen LogP contribution in [0.4, 0.5) is 0 Å². The number of rotatable bonds is 9. The maximum Gasteiger partial charge on any atom is 0.339 e. The predicted octanol–water partition coefficient (Wildman–Crippen LogP) is 1.86. The fourth-order valence-corrected chi connectivity index (χ4v) is 2.40. The lowest BCUT2D eigenvalue weighted by atomic mass is 10.1. The fraction of sp³-hybridized carbons (Fsp3) is 0.214. The lowest BCUT2D eigenvalue weighted by molar-refractivity contribution is -0.134. The largest absolute Gasteiger partial charge is 0.478 e. The normalized spacial score (nSPS) is 11.0. The molecule has 1 aromatic rings. The van der Waals surface area contributed by atoms with Crippen LogP contribution < -0.4 is 5.32 Å². The van der Waals surface area contributed by atoms with Gasteiger partial charge in [-0.1, -0.05) is 23.7 Å². The van der Waals surface area contributed by atoms with Crippen molar-refractivity contribution in [3.05, 3.63) is 40.4 Å². The van der Waals surface area contributed by atoms with Crippen molar-refractivity contribution in [3.8, 4) is 0 Å². The van der Waals surface area contributed by atoms with Crippen molar-refractivity contribution in [2.75, 3.05) is 18.1 Å². The van der Waals surface area contributed by atoms with Gasteiger partial charge >= 0.3 is 5.97 Å². The highest BCUT2D eigenvalue weighted by atomic mass is 35.5. The Morgan fingerprint density at radius 3 is 2.76 bits per heavy atom. The van der Waals surface area contributed by atoms with E-state index in [2.05, 4.69) is 5.32 Å². The van der Waals surface area contributed by atoms with Gasteiger partial charge in [0, 0.05) is 17.3 Å². The number of halogens is 1. The van der Waals surface area contributed by atoms with E-state index >= 15 is 0 Å². The Labute approximate surface area is 131 Å². The third-order valence-electron chi connectivity index (χ3n) is 2.40. The van der Waals surface area contributed by atoms with E-state index in [0.29, 0.717) is 29.3 Å². The average Bonchev–Trinajstić information content (AvgIpc) is 2.44. The van der Waals surface area contributed by atoms with Gasteiger partial charge in [0.2, 0.25) is 6.41 Å². The van der Waals surface area contributed by atoms with Crippen LogP contribution in [0.2, 0.25) is 5.02 Å². The summed E-state index contributed by atoms with van der Waals surface area (Å²) in [7, 11) is 0. The highest BCUT2D eigenvalue weighted by molar-refractivity contribution is 8.00. The SMILES string of the molecule is O=CNCCSCC(=O)C(=Cc1cccc(Cl)c1)C(=O)O. The van der Waals surface area contributed by atoms with E-state index in [9.17, 15) is 14.4 Å². The van der Waals surface area contributed by atoms with Crippen LogP contribution in [0.5, 0.6) is 0 Å². The second kappa shape index (κ2) is 9.20. The van der Waals surface area contributed by atoms with E-state index < -0.39 is 11.8 Å². The maximum absolute atomic E-state index is 11.9. The van der Waals surface area contributed by atoms with Gasteiger partial charge in [0.1, 0.15) is 5.57 Å². The molecule has 5 nitrogen and oxygen atoms in total. The highest BCUT2D eigenvalue weighted by Gasteiger charge is 2.17. The van der Waals surface area contributed by atoms with Crippen molar-refractivity contribution in [1.29, 1.82) is 0 Å². The average molecular weight is 328 g/mol. The molecule has 0 saturated heterocycles. The molecule has 0 fully saturated rings. The zero-order chi connectivity index (χ0) is 15.7. The third-order valence-corrected chi connectivity index (χ3v) is 3.59. The van der Waals surface area contributed by atoms with Gasteiger partial charge < -0.3 is 10.4 Å². The standard InChI is InChI=1S/C14H14ClNO4S/c15-11-3-1-2-10(6-11)7-12(14(19)20)13(18)8-21-5-4-16-9-17/h1-3,6-7,9H,4-5,8H2,(H,16,17)(H,19,20). The number of carbonyl (C=O) groups excluding carboxylic acids is 2. The summed E-state index contributed by atoms with van der Waals surface area (Å²) in [5.41, 5.74) is 0.272. The summed E-state index contributed by atoms with van der Waals surface area (Å²) in [4.78, 5) is 33.1. The number of carboxylic acid groups (broad SMARTS) is 1. The second-order valence-corrected chi connectivity index (χ2v) is 5.51. The van der Waals surface area contributed by atoms with E-state index in [1.807, 2.05) is 0 Å². The van der Waals surface area contributed by atoms with Crippen LogP contribution in [-0.4, -0.2) is 41.3 Å². The number of hydrogen-bond acceptors (Lipinski definition) is 4. The molecule has 0 aliphatic heterocycles. The molecule has 1 amide bonds. The van der Waals surface area contributed by atoms with Crippen molar-refractivity contribution in [3.63, 3.8) is 0 Å². The number of aliphatic carboxylic acids is 1.